The highest BCUT2D eigenvalue weighted by Gasteiger charge is 2.32. The lowest BCUT2D eigenvalue weighted by molar-refractivity contribution is -0.00000672. The molecule has 3 nitrogen and oxygen atoms in total. The van der Waals surface area contributed by atoms with E-state index in [0.29, 0.717) is 15.1 Å². The average Bonchev–Trinajstić information content (AvgIpc) is 3.12. The Hall–Kier alpha value is -1.03. The second kappa shape index (κ2) is 9.77. The molecule has 2 aromatic rings. The SMILES string of the molecule is Clc1ccc(C(OCc2ccc(Cl)cc2Cl)C(Cl)N2[C+]=NC=C2)cc1.[Cl-]. The summed E-state index contributed by atoms with van der Waals surface area (Å²) in [4.78, 5) is 5.57. The first-order chi connectivity index (χ1) is 12.0. The molecule has 0 aromatic heterocycles. The lowest BCUT2D eigenvalue weighted by Crippen LogP contribution is -3.00. The highest BCUT2D eigenvalue weighted by molar-refractivity contribution is 6.35. The van der Waals surface area contributed by atoms with E-state index in [1.54, 1.807) is 41.6 Å². The van der Waals surface area contributed by atoms with Gasteiger partial charge in [-0.15, -0.1) is 0 Å². The van der Waals surface area contributed by atoms with Crippen LogP contribution in [0.25, 0.3) is 0 Å². The zero-order valence-electron chi connectivity index (χ0n) is 13.3. The molecule has 1 heterocycles. The van der Waals surface area contributed by atoms with Crippen LogP contribution in [0.5, 0.6) is 0 Å². The van der Waals surface area contributed by atoms with Crippen LogP contribution in [-0.2, 0) is 11.3 Å². The normalized spacial score (nSPS) is 14.7. The van der Waals surface area contributed by atoms with E-state index in [0.717, 1.165) is 11.1 Å². The van der Waals surface area contributed by atoms with Gasteiger partial charge in [-0.2, -0.15) is 4.90 Å². The topological polar surface area (TPSA) is 24.8 Å². The Morgan fingerprint density at radius 2 is 1.73 bits per heavy atom. The number of hydrogen-bond donors (Lipinski definition) is 0. The largest absolute Gasteiger partial charge is 1.00 e. The maximum atomic E-state index is 6.60. The Bertz CT molecular complexity index is 783. The molecule has 3 rings (SSSR count). The summed E-state index contributed by atoms with van der Waals surface area (Å²) in [6.07, 6.45) is 5.70. The molecule has 2 unspecified atom stereocenters. The zero-order valence-corrected chi connectivity index (χ0v) is 17.0. The highest BCUT2D eigenvalue weighted by atomic mass is 35.5. The Labute approximate surface area is 178 Å². The first-order valence-electron chi connectivity index (χ1n) is 7.40. The number of nitrogens with zero attached hydrogens (tertiary/aromatic N) is 2. The molecule has 0 radical (unpaired) electrons. The number of aliphatic imine (C=N–C) groups is 1. The Morgan fingerprint density at radius 1 is 1.04 bits per heavy atom. The molecule has 26 heavy (non-hydrogen) atoms. The van der Waals surface area contributed by atoms with Gasteiger partial charge in [0.25, 0.3) is 6.34 Å². The second-order valence-corrected chi connectivity index (χ2v) is 7.05. The molecule has 0 aliphatic carbocycles. The first kappa shape index (κ1) is 21.3. The van der Waals surface area contributed by atoms with Gasteiger partial charge in [0, 0.05) is 15.1 Å². The molecule has 0 saturated heterocycles. The van der Waals surface area contributed by atoms with E-state index >= 15 is 0 Å². The molecule has 0 amide bonds. The maximum absolute atomic E-state index is 6.60. The fraction of sp³-hybridized carbons (Fsp3) is 0.167. The van der Waals surface area contributed by atoms with Gasteiger partial charge in [0.05, 0.1) is 6.61 Å². The van der Waals surface area contributed by atoms with Crippen molar-refractivity contribution in [3.63, 3.8) is 0 Å². The van der Waals surface area contributed by atoms with Gasteiger partial charge >= 0.3 is 0 Å². The summed E-state index contributed by atoms with van der Waals surface area (Å²) in [6, 6.07) is 12.6. The van der Waals surface area contributed by atoms with Crippen LogP contribution in [0.1, 0.15) is 17.2 Å². The van der Waals surface area contributed by atoms with Crippen LogP contribution < -0.4 is 12.4 Å². The van der Waals surface area contributed by atoms with Crippen LogP contribution in [0.2, 0.25) is 15.1 Å². The number of benzene rings is 2. The fourth-order valence-electron chi connectivity index (χ4n) is 2.33. The molecular weight excluding hydrogens is 437 g/mol. The van der Waals surface area contributed by atoms with Gasteiger partial charge < -0.3 is 17.1 Å². The van der Waals surface area contributed by atoms with Gasteiger partial charge in [-0.3, -0.25) is 0 Å². The molecule has 0 N–H and O–H groups in total. The van der Waals surface area contributed by atoms with E-state index in [9.17, 15) is 0 Å². The van der Waals surface area contributed by atoms with Gasteiger partial charge in [0.1, 0.15) is 6.10 Å². The van der Waals surface area contributed by atoms with E-state index < -0.39 is 11.6 Å². The molecule has 2 aromatic carbocycles. The van der Waals surface area contributed by atoms with Crippen molar-refractivity contribution in [1.82, 2.24) is 4.90 Å². The maximum Gasteiger partial charge on any atom is 0.257 e. The summed E-state index contributed by atoms with van der Waals surface area (Å²) in [5.41, 5.74) is 1.18. The monoisotopic (exact) mass is 448 g/mol. The minimum absolute atomic E-state index is 0. The quantitative estimate of drug-likeness (QED) is 0.384. The highest BCUT2D eigenvalue weighted by Crippen LogP contribution is 2.31. The third-order valence-corrected chi connectivity index (χ3v) is 4.90. The fourth-order valence-corrected chi connectivity index (χ4v) is 3.24. The van der Waals surface area contributed by atoms with Crippen molar-refractivity contribution < 1.29 is 17.1 Å². The molecular formula is C18H13Cl5N2O. The van der Waals surface area contributed by atoms with Crippen molar-refractivity contribution in [2.45, 2.75) is 18.2 Å². The average molecular weight is 451 g/mol. The Morgan fingerprint density at radius 3 is 2.35 bits per heavy atom. The number of rotatable bonds is 6. The standard InChI is InChI=1S/C18H13Cl4N2O.ClH/c19-14-4-1-12(2-5-14)17(18(22)24-8-7-23-11-24)25-10-13-3-6-15(20)9-16(13)21;/h1-9,17-18H,10H2;1H/q+1;/p-1. The number of alkyl halides is 1. The molecule has 1 aliphatic heterocycles. The molecule has 0 saturated carbocycles. The molecule has 1 aliphatic rings. The summed E-state index contributed by atoms with van der Waals surface area (Å²) >= 11 is 24.7. The van der Waals surface area contributed by atoms with E-state index in [-0.39, 0.29) is 19.0 Å². The van der Waals surface area contributed by atoms with Crippen molar-refractivity contribution >= 4 is 52.7 Å². The van der Waals surface area contributed by atoms with Crippen LogP contribution >= 0.6 is 46.4 Å². The summed E-state index contributed by atoms with van der Waals surface area (Å²) in [6.45, 7) is 0.279. The van der Waals surface area contributed by atoms with Crippen LogP contribution in [0, 0.1) is 0 Å². The van der Waals surface area contributed by atoms with E-state index in [4.69, 9.17) is 51.1 Å². The predicted octanol–water partition coefficient (Wildman–Crippen LogP) is 3.17. The minimum atomic E-state index is -0.533. The van der Waals surface area contributed by atoms with Gasteiger partial charge in [0.15, 0.2) is 11.7 Å². The first-order valence-corrected chi connectivity index (χ1v) is 8.97. The third-order valence-electron chi connectivity index (χ3n) is 3.62. The molecule has 2 atom stereocenters. The zero-order chi connectivity index (χ0) is 17.8. The molecule has 8 heteroatoms. The number of ether oxygens (including phenoxy) is 1. The van der Waals surface area contributed by atoms with Crippen molar-refractivity contribution in [2.24, 2.45) is 4.99 Å². The van der Waals surface area contributed by atoms with Gasteiger partial charge in [-0.1, -0.05) is 64.6 Å². The molecule has 0 fully saturated rings. The van der Waals surface area contributed by atoms with Crippen molar-refractivity contribution in [3.8, 4) is 0 Å². The lowest BCUT2D eigenvalue weighted by atomic mass is 10.1. The van der Waals surface area contributed by atoms with Crippen LogP contribution in [-0.4, -0.2) is 16.7 Å². The summed E-state index contributed by atoms with van der Waals surface area (Å²) in [5.74, 6) is 0. The summed E-state index contributed by atoms with van der Waals surface area (Å²) < 4.78 is 6.09. The Balaban J connectivity index is 0.00000243. The summed E-state index contributed by atoms with van der Waals surface area (Å²) in [7, 11) is 0. The molecule has 0 bridgehead atoms. The predicted molar refractivity (Wildman–Crippen MR) is 103 cm³/mol. The van der Waals surface area contributed by atoms with Crippen molar-refractivity contribution in [1.29, 1.82) is 0 Å². The van der Waals surface area contributed by atoms with Crippen molar-refractivity contribution in [3.05, 3.63) is 81.1 Å². The number of hydrogen-bond acceptors (Lipinski definition) is 3. The van der Waals surface area contributed by atoms with Gasteiger partial charge in [0.2, 0.25) is 6.20 Å². The van der Waals surface area contributed by atoms with E-state index in [1.165, 1.54) is 0 Å². The van der Waals surface area contributed by atoms with E-state index in [2.05, 4.69) is 11.3 Å². The smallest absolute Gasteiger partial charge is 0.257 e. The van der Waals surface area contributed by atoms with Crippen LogP contribution in [0.3, 0.4) is 0 Å². The third kappa shape index (κ3) is 5.25. The van der Waals surface area contributed by atoms with E-state index in [1.807, 2.05) is 18.2 Å². The molecule has 136 valence electrons. The summed E-state index contributed by atoms with van der Waals surface area (Å²) in [5, 5.41) is 1.76. The van der Waals surface area contributed by atoms with Crippen LogP contribution in [0.4, 0.5) is 0 Å². The second-order valence-electron chi connectivity index (χ2n) is 5.33. The van der Waals surface area contributed by atoms with Gasteiger partial charge in [-0.05, 0) is 40.4 Å². The van der Waals surface area contributed by atoms with Crippen molar-refractivity contribution in [2.75, 3.05) is 0 Å². The minimum Gasteiger partial charge on any atom is -1.00 e. The van der Waals surface area contributed by atoms with Crippen LogP contribution in [0.15, 0.2) is 59.9 Å². The Kier molecular flexibility index (Phi) is 8.00. The van der Waals surface area contributed by atoms with Gasteiger partial charge in [-0.25, -0.2) is 0 Å². The molecule has 0 spiro atoms. The lowest BCUT2D eigenvalue weighted by Gasteiger charge is -2.24. The number of halogens is 5.